The molecule has 11 heteroatoms. The van der Waals surface area contributed by atoms with E-state index in [1.807, 2.05) is 48.0 Å². The van der Waals surface area contributed by atoms with Gasteiger partial charge in [-0.25, -0.2) is 24.3 Å². The standard InChI is InChI=1S/C33H33FN10/c1-22-39-29-5-4-28(24-8-11-37-31(36)18-24)40-33(29)44(22)25-2-6-30(27(34)19-25)42-16-14-41(15-17-42)26-3-7-32(38-21-26)43-12-9-23(20-35)10-13-43/h2-8,11,18-19,21,23H,9-10,12-17H2,1H3,(H2,36,37). The summed E-state index contributed by atoms with van der Waals surface area (Å²) in [6.07, 6.45) is 5.36. The van der Waals surface area contributed by atoms with Crippen LogP contribution in [0.1, 0.15) is 18.7 Å². The molecule has 2 saturated heterocycles. The highest BCUT2D eigenvalue weighted by Gasteiger charge is 2.23. The second kappa shape index (κ2) is 11.4. The number of nitrogens with two attached hydrogens (primary N) is 1. The Kier molecular flexibility index (Phi) is 7.18. The quantitative estimate of drug-likeness (QED) is 0.304. The van der Waals surface area contributed by atoms with E-state index in [4.69, 9.17) is 21.0 Å². The molecule has 10 nitrogen and oxygen atoms in total. The zero-order valence-electron chi connectivity index (χ0n) is 24.6. The maximum atomic E-state index is 15.7. The molecular formula is C33H33FN10. The molecule has 0 bridgehead atoms. The van der Waals surface area contributed by atoms with E-state index in [2.05, 4.69) is 42.9 Å². The van der Waals surface area contributed by atoms with E-state index in [-0.39, 0.29) is 11.7 Å². The highest BCUT2D eigenvalue weighted by atomic mass is 19.1. The average molecular weight is 589 g/mol. The first-order chi connectivity index (χ1) is 21.5. The van der Waals surface area contributed by atoms with Gasteiger partial charge in [0.05, 0.1) is 35.0 Å². The van der Waals surface area contributed by atoms with Gasteiger partial charge < -0.3 is 20.4 Å². The fourth-order valence-corrected chi connectivity index (χ4v) is 6.23. The van der Waals surface area contributed by atoms with Crippen LogP contribution >= 0.6 is 0 Å². The maximum absolute atomic E-state index is 15.7. The summed E-state index contributed by atoms with van der Waals surface area (Å²) in [7, 11) is 0. The lowest BCUT2D eigenvalue weighted by molar-refractivity contribution is 0.485. The molecule has 2 fully saturated rings. The number of hydrogen-bond donors (Lipinski definition) is 1. The van der Waals surface area contributed by atoms with Crippen molar-refractivity contribution in [2.24, 2.45) is 5.92 Å². The summed E-state index contributed by atoms with van der Waals surface area (Å²) in [6.45, 7) is 6.57. The summed E-state index contributed by atoms with van der Waals surface area (Å²) in [5.74, 6) is 1.99. The van der Waals surface area contributed by atoms with Crippen LogP contribution in [0.2, 0.25) is 0 Å². The van der Waals surface area contributed by atoms with E-state index >= 15 is 4.39 Å². The minimum atomic E-state index is -0.276. The van der Waals surface area contributed by atoms with Gasteiger partial charge in [0, 0.05) is 63.0 Å². The summed E-state index contributed by atoms with van der Waals surface area (Å²) in [5, 5.41) is 9.16. The Morgan fingerprint density at radius 2 is 1.61 bits per heavy atom. The monoisotopic (exact) mass is 588 g/mol. The van der Waals surface area contributed by atoms with Crippen LogP contribution in [0.25, 0.3) is 28.1 Å². The lowest BCUT2D eigenvalue weighted by Gasteiger charge is -2.37. The third-order valence-electron chi connectivity index (χ3n) is 8.66. The molecule has 0 unspecified atom stereocenters. The van der Waals surface area contributed by atoms with E-state index < -0.39 is 0 Å². The van der Waals surface area contributed by atoms with Gasteiger partial charge in [0.2, 0.25) is 0 Å². The van der Waals surface area contributed by atoms with Crippen molar-refractivity contribution in [2.45, 2.75) is 19.8 Å². The molecule has 4 aromatic heterocycles. The van der Waals surface area contributed by atoms with Crippen molar-refractivity contribution in [1.82, 2.24) is 24.5 Å². The zero-order valence-corrected chi connectivity index (χ0v) is 24.6. The molecule has 0 amide bonds. The first-order valence-corrected chi connectivity index (χ1v) is 15.0. The van der Waals surface area contributed by atoms with Crippen LogP contribution in [0.5, 0.6) is 0 Å². The van der Waals surface area contributed by atoms with Crippen LogP contribution in [-0.4, -0.2) is 63.8 Å². The summed E-state index contributed by atoms with van der Waals surface area (Å²) >= 11 is 0. The minimum absolute atomic E-state index is 0.154. The Morgan fingerprint density at radius 1 is 0.841 bits per heavy atom. The number of nitrogen functional groups attached to an aromatic ring is 1. The smallest absolute Gasteiger partial charge is 0.165 e. The molecule has 6 heterocycles. The number of fused-ring (bicyclic) bond motifs is 1. The van der Waals surface area contributed by atoms with E-state index in [0.717, 1.165) is 73.1 Å². The molecule has 0 aliphatic carbocycles. The van der Waals surface area contributed by atoms with Crippen molar-refractivity contribution < 1.29 is 4.39 Å². The second-order valence-electron chi connectivity index (χ2n) is 11.4. The van der Waals surface area contributed by atoms with E-state index in [9.17, 15) is 0 Å². The first-order valence-electron chi connectivity index (χ1n) is 15.0. The van der Waals surface area contributed by atoms with Crippen molar-refractivity contribution in [2.75, 3.05) is 59.7 Å². The Bertz CT molecular complexity index is 1850. The fraction of sp³-hybridized carbons (Fsp3) is 0.303. The van der Waals surface area contributed by atoms with Crippen LogP contribution in [0.15, 0.2) is 67.0 Å². The van der Waals surface area contributed by atoms with Crippen LogP contribution in [0.4, 0.5) is 27.4 Å². The van der Waals surface area contributed by atoms with Gasteiger partial charge in [0.25, 0.3) is 0 Å². The van der Waals surface area contributed by atoms with Crippen LogP contribution in [0, 0.1) is 30.0 Å². The Hall–Kier alpha value is -5.24. The van der Waals surface area contributed by atoms with E-state index in [0.29, 0.717) is 35.9 Å². The number of nitrogens with zero attached hydrogens (tertiary/aromatic N) is 9. The first kappa shape index (κ1) is 27.6. The lowest BCUT2D eigenvalue weighted by Crippen LogP contribution is -2.46. The van der Waals surface area contributed by atoms with E-state index in [1.54, 1.807) is 18.3 Å². The van der Waals surface area contributed by atoms with E-state index in [1.165, 1.54) is 0 Å². The van der Waals surface area contributed by atoms with Crippen molar-refractivity contribution >= 4 is 34.2 Å². The molecule has 0 atom stereocenters. The third-order valence-corrected chi connectivity index (χ3v) is 8.66. The van der Waals surface area contributed by atoms with Crippen molar-refractivity contribution in [3.05, 3.63) is 78.6 Å². The normalized spacial score (nSPS) is 16.0. The Balaban J connectivity index is 1.05. The highest BCUT2D eigenvalue weighted by Crippen LogP contribution is 2.29. The predicted molar refractivity (Wildman–Crippen MR) is 170 cm³/mol. The zero-order chi connectivity index (χ0) is 30.2. The van der Waals surface area contributed by atoms with Crippen LogP contribution in [0.3, 0.4) is 0 Å². The Morgan fingerprint density at radius 3 is 2.32 bits per heavy atom. The number of halogens is 1. The largest absolute Gasteiger partial charge is 0.384 e. The molecule has 0 radical (unpaired) electrons. The molecule has 44 heavy (non-hydrogen) atoms. The van der Waals surface area contributed by atoms with Gasteiger partial charge in [-0.2, -0.15) is 5.26 Å². The highest BCUT2D eigenvalue weighted by molar-refractivity contribution is 5.78. The number of benzene rings is 1. The lowest BCUT2D eigenvalue weighted by atomic mass is 9.99. The number of piperazine rings is 1. The topological polar surface area (TPSA) is 116 Å². The summed E-state index contributed by atoms with van der Waals surface area (Å²) in [6, 6.07) is 19.4. The predicted octanol–water partition coefficient (Wildman–Crippen LogP) is 4.97. The number of anilines is 4. The minimum Gasteiger partial charge on any atom is -0.384 e. The van der Waals surface area contributed by atoms with Gasteiger partial charge in [-0.3, -0.25) is 4.57 Å². The van der Waals surface area contributed by atoms with Crippen LogP contribution < -0.4 is 20.4 Å². The van der Waals surface area contributed by atoms with Gasteiger partial charge in [-0.15, -0.1) is 0 Å². The van der Waals surface area contributed by atoms with Crippen LogP contribution in [-0.2, 0) is 0 Å². The Labute approximate surface area is 255 Å². The summed E-state index contributed by atoms with van der Waals surface area (Å²) in [5.41, 5.74) is 11.2. The van der Waals surface area contributed by atoms with Gasteiger partial charge >= 0.3 is 0 Å². The van der Waals surface area contributed by atoms with Gasteiger partial charge in [-0.05, 0) is 68.3 Å². The molecule has 0 saturated carbocycles. The van der Waals surface area contributed by atoms with Gasteiger partial charge in [0.1, 0.15) is 28.8 Å². The number of hydrogen-bond acceptors (Lipinski definition) is 9. The number of rotatable bonds is 5. The number of aromatic nitrogens is 5. The van der Waals surface area contributed by atoms with Crippen molar-refractivity contribution in [1.29, 1.82) is 5.26 Å². The average Bonchev–Trinajstić information content (AvgIpc) is 3.40. The maximum Gasteiger partial charge on any atom is 0.165 e. The molecule has 2 N–H and O–H groups in total. The number of pyridine rings is 3. The molecular weight excluding hydrogens is 555 g/mol. The van der Waals surface area contributed by atoms with Gasteiger partial charge in [0.15, 0.2) is 5.65 Å². The summed E-state index contributed by atoms with van der Waals surface area (Å²) in [4.78, 5) is 25.0. The van der Waals surface area contributed by atoms with Crippen molar-refractivity contribution in [3.8, 4) is 23.0 Å². The SMILES string of the molecule is Cc1nc2ccc(-c3ccnc(N)c3)nc2n1-c1ccc(N2CCN(c3ccc(N4CCC(C#N)CC4)nc3)CC2)c(F)c1. The number of piperidine rings is 1. The molecule has 2 aliphatic heterocycles. The molecule has 0 spiro atoms. The third kappa shape index (κ3) is 5.24. The van der Waals surface area contributed by atoms with Crippen molar-refractivity contribution in [3.63, 3.8) is 0 Å². The number of imidazole rings is 1. The molecule has 222 valence electrons. The fourth-order valence-electron chi connectivity index (χ4n) is 6.23. The molecule has 2 aliphatic rings. The summed E-state index contributed by atoms with van der Waals surface area (Å²) < 4.78 is 17.6. The number of nitriles is 1. The van der Waals surface area contributed by atoms with Gasteiger partial charge in [-0.1, -0.05) is 0 Å². The second-order valence-corrected chi connectivity index (χ2v) is 11.4. The molecule has 1 aromatic carbocycles. The molecule has 7 rings (SSSR count). The molecule has 5 aromatic rings. The number of aryl methyl sites for hydroxylation is 1.